The van der Waals surface area contributed by atoms with Crippen molar-refractivity contribution in [1.82, 2.24) is 10.2 Å². The number of carbonyl (C=O) groups excluding carboxylic acids is 2. The average Bonchev–Trinajstić information content (AvgIpc) is 2.34. The topological polar surface area (TPSA) is 111 Å². The fraction of sp³-hybridized carbons (Fsp3) is 0.600. The lowest BCUT2D eigenvalue weighted by Crippen LogP contribution is -2.38. The second-order valence-electron chi connectivity index (χ2n) is 3.41. The number of hydrogen-bond acceptors (Lipinski definition) is 5. The lowest BCUT2D eigenvalue weighted by atomic mass is 10.3. The van der Waals surface area contributed by atoms with Crippen molar-refractivity contribution < 1.29 is 19.5 Å². The molecule has 0 aliphatic rings. The van der Waals surface area contributed by atoms with E-state index in [2.05, 4.69) is 5.32 Å². The van der Waals surface area contributed by atoms with Crippen molar-refractivity contribution in [2.45, 2.75) is 12.5 Å². The van der Waals surface area contributed by atoms with Crippen LogP contribution in [0.4, 0.5) is 0 Å². The van der Waals surface area contributed by atoms with Crippen LogP contribution in [0.15, 0.2) is 0 Å². The number of nitriles is 1. The Hall–Kier alpha value is -1.75. The highest BCUT2D eigenvalue weighted by atomic mass is 32.2. The molecule has 0 fully saturated rings. The van der Waals surface area contributed by atoms with Crippen LogP contribution in [0.2, 0.25) is 0 Å². The molecule has 2 amide bonds. The highest BCUT2D eigenvalue weighted by Gasteiger charge is 2.17. The van der Waals surface area contributed by atoms with E-state index in [1.54, 1.807) is 7.05 Å². The van der Waals surface area contributed by atoms with Crippen LogP contribution in [0.25, 0.3) is 0 Å². The van der Waals surface area contributed by atoms with E-state index in [-0.39, 0.29) is 23.8 Å². The number of carboxylic acid groups (broad SMARTS) is 1. The first kappa shape index (κ1) is 16.2. The number of amides is 2. The van der Waals surface area contributed by atoms with Crippen LogP contribution in [0.3, 0.4) is 0 Å². The van der Waals surface area contributed by atoms with E-state index in [0.717, 1.165) is 11.8 Å². The molecule has 0 saturated heterocycles. The van der Waals surface area contributed by atoms with Gasteiger partial charge >= 0.3 is 5.97 Å². The molecule has 8 heteroatoms. The summed E-state index contributed by atoms with van der Waals surface area (Å²) in [6.45, 7) is 0.352. The maximum Gasteiger partial charge on any atom is 0.327 e. The summed E-state index contributed by atoms with van der Waals surface area (Å²) in [6, 6.07) is 0.937. The minimum Gasteiger partial charge on any atom is -0.480 e. The summed E-state index contributed by atoms with van der Waals surface area (Å²) in [5, 5.41) is 19.2. The van der Waals surface area contributed by atoms with E-state index in [9.17, 15) is 14.4 Å². The van der Waals surface area contributed by atoms with Gasteiger partial charge in [-0.3, -0.25) is 9.59 Å². The van der Waals surface area contributed by atoms with Crippen molar-refractivity contribution in [1.29, 1.82) is 5.26 Å². The van der Waals surface area contributed by atoms with E-state index < -0.39 is 12.0 Å². The van der Waals surface area contributed by atoms with E-state index in [1.165, 1.54) is 4.90 Å². The van der Waals surface area contributed by atoms with Gasteiger partial charge in [0.1, 0.15) is 6.04 Å². The van der Waals surface area contributed by atoms with Gasteiger partial charge in [0, 0.05) is 19.3 Å². The van der Waals surface area contributed by atoms with Gasteiger partial charge < -0.3 is 15.3 Å². The number of thioether (sulfide) groups is 1. The highest BCUT2D eigenvalue weighted by molar-refractivity contribution is 8.00. The molecule has 7 nitrogen and oxygen atoms in total. The quantitative estimate of drug-likeness (QED) is 0.537. The van der Waals surface area contributed by atoms with E-state index in [4.69, 9.17) is 10.4 Å². The van der Waals surface area contributed by atoms with Gasteiger partial charge in [-0.2, -0.15) is 5.26 Å². The number of nitrogens with one attached hydrogen (secondary N) is 1. The smallest absolute Gasteiger partial charge is 0.327 e. The van der Waals surface area contributed by atoms with E-state index >= 15 is 0 Å². The molecule has 0 spiro atoms. The van der Waals surface area contributed by atoms with Crippen LogP contribution < -0.4 is 5.32 Å². The van der Waals surface area contributed by atoms with Gasteiger partial charge in [-0.05, 0) is 0 Å². The van der Waals surface area contributed by atoms with Gasteiger partial charge in [0.05, 0.1) is 18.2 Å². The lowest BCUT2D eigenvalue weighted by Gasteiger charge is -2.16. The van der Waals surface area contributed by atoms with Crippen molar-refractivity contribution in [3.8, 4) is 6.07 Å². The molecule has 0 heterocycles. The molecule has 0 aromatic heterocycles. The number of aliphatic carboxylic acids is 1. The number of nitrogens with zero attached hydrogens (tertiary/aromatic N) is 2. The SMILES string of the molecule is CN(CCC#N)C(=O)CSCC(NC=O)C(=O)O. The third kappa shape index (κ3) is 6.75. The summed E-state index contributed by atoms with van der Waals surface area (Å²) < 4.78 is 0. The van der Waals surface area contributed by atoms with Crippen molar-refractivity contribution in [3.05, 3.63) is 0 Å². The van der Waals surface area contributed by atoms with Gasteiger partial charge in [-0.25, -0.2) is 4.79 Å². The summed E-state index contributed by atoms with van der Waals surface area (Å²) >= 11 is 1.12. The number of carbonyl (C=O) groups is 3. The summed E-state index contributed by atoms with van der Waals surface area (Å²) in [5.41, 5.74) is 0. The van der Waals surface area contributed by atoms with E-state index in [1.807, 2.05) is 6.07 Å². The summed E-state index contributed by atoms with van der Waals surface area (Å²) in [6.07, 6.45) is 0.581. The zero-order valence-corrected chi connectivity index (χ0v) is 10.8. The first-order chi connectivity index (χ1) is 8.52. The molecule has 2 N–H and O–H groups in total. The fourth-order valence-electron chi connectivity index (χ4n) is 0.990. The number of rotatable bonds is 9. The summed E-state index contributed by atoms with van der Waals surface area (Å²) in [7, 11) is 1.58. The van der Waals surface area contributed by atoms with Crippen LogP contribution in [0.5, 0.6) is 0 Å². The van der Waals surface area contributed by atoms with Crippen molar-refractivity contribution in [2.75, 3.05) is 25.1 Å². The molecule has 0 aliphatic heterocycles. The third-order valence-corrected chi connectivity index (χ3v) is 3.08. The fourth-order valence-corrected chi connectivity index (χ4v) is 1.98. The minimum absolute atomic E-state index is 0.117. The Kier molecular flexibility index (Phi) is 8.39. The molecule has 0 saturated carbocycles. The minimum atomic E-state index is -1.14. The number of hydrogen-bond donors (Lipinski definition) is 2. The Morgan fingerprint density at radius 2 is 2.28 bits per heavy atom. The molecule has 100 valence electrons. The molecule has 1 atom stereocenters. The van der Waals surface area contributed by atoms with E-state index in [0.29, 0.717) is 13.0 Å². The predicted molar refractivity (Wildman–Crippen MR) is 65.8 cm³/mol. The van der Waals surface area contributed by atoms with Crippen molar-refractivity contribution in [2.24, 2.45) is 0 Å². The molecule has 0 aromatic rings. The standard InChI is InChI=1S/C10H15N3O4S/c1-13(4-2-3-11)9(15)6-18-5-8(10(16)17)12-7-14/h7-8H,2,4-6H2,1H3,(H,12,14)(H,16,17). The molecule has 0 aromatic carbocycles. The van der Waals surface area contributed by atoms with Crippen LogP contribution in [-0.4, -0.2) is 59.4 Å². The lowest BCUT2D eigenvalue weighted by molar-refractivity contribution is -0.139. The van der Waals surface area contributed by atoms with Crippen LogP contribution >= 0.6 is 11.8 Å². The summed E-state index contributed by atoms with van der Waals surface area (Å²) in [4.78, 5) is 33.8. The van der Waals surface area contributed by atoms with Gasteiger partial charge in [-0.1, -0.05) is 0 Å². The predicted octanol–water partition coefficient (Wildman–Crippen LogP) is -0.709. The second kappa shape index (κ2) is 9.30. The Labute approximate surface area is 109 Å². The monoisotopic (exact) mass is 273 g/mol. The van der Waals surface area contributed by atoms with Gasteiger partial charge in [0.15, 0.2) is 0 Å². The molecule has 1 unspecified atom stereocenters. The molecule has 0 radical (unpaired) electrons. The van der Waals surface area contributed by atoms with Crippen molar-refractivity contribution in [3.63, 3.8) is 0 Å². The average molecular weight is 273 g/mol. The largest absolute Gasteiger partial charge is 0.480 e. The molecule has 0 bridgehead atoms. The highest BCUT2D eigenvalue weighted by Crippen LogP contribution is 2.05. The Balaban J connectivity index is 3.94. The molecule has 18 heavy (non-hydrogen) atoms. The van der Waals surface area contributed by atoms with Crippen LogP contribution in [0, 0.1) is 11.3 Å². The Bertz CT molecular complexity index is 343. The maximum absolute atomic E-state index is 11.5. The van der Waals surface area contributed by atoms with Gasteiger partial charge in [0.25, 0.3) is 0 Å². The first-order valence-electron chi connectivity index (χ1n) is 5.14. The van der Waals surface area contributed by atoms with Crippen molar-refractivity contribution >= 4 is 30.0 Å². The number of carboxylic acids is 1. The van der Waals surface area contributed by atoms with Gasteiger partial charge in [-0.15, -0.1) is 11.8 Å². The summed E-state index contributed by atoms with van der Waals surface area (Å²) in [5.74, 6) is -1.08. The molecular weight excluding hydrogens is 258 g/mol. The first-order valence-corrected chi connectivity index (χ1v) is 6.29. The Morgan fingerprint density at radius 1 is 1.61 bits per heavy atom. The van der Waals surface area contributed by atoms with Crippen LogP contribution in [-0.2, 0) is 14.4 Å². The molecule has 0 aliphatic carbocycles. The van der Waals surface area contributed by atoms with Crippen LogP contribution in [0.1, 0.15) is 6.42 Å². The zero-order valence-electron chi connectivity index (χ0n) is 9.96. The molecule has 0 rings (SSSR count). The maximum atomic E-state index is 11.5. The molecular formula is C10H15N3O4S. The van der Waals surface area contributed by atoms with Gasteiger partial charge in [0.2, 0.25) is 12.3 Å². The normalized spacial score (nSPS) is 11.1. The Morgan fingerprint density at radius 3 is 2.78 bits per heavy atom. The second-order valence-corrected chi connectivity index (χ2v) is 4.44. The zero-order chi connectivity index (χ0) is 14.0. The third-order valence-electron chi connectivity index (χ3n) is 2.06.